The molecule has 9 N–H and O–H groups in total. The highest BCUT2D eigenvalue weighted by Gasteiger charge is 2.53. The van der Waals surface area contributed by atoms with Gasteiger partial charge in [0.05, 0.1) is 60.5 Å². The van der Waals surface area contributed by atoms with Crippen LogP contribution in [0.3, 0.4) is 0 Å². The smallest absolute Gasteiger partial charge is 0.336 e. The topological polar surface area (TPSA) is 326 Å². The molecule has 3 saturated heterocycles. The third-order valence-electron chi connectivity index (χ3n) is 13.1. The van der Waals surface area contributed by atoms with Gasteiger partial charge in [0.15, 0.2) is 18.2 Å². The first-order valence-electron chi connectivity index (χ1n) is 21.7. The maximum atomic E-state index is 14.1. The highest BCUT2D eigenvalue weighted by molar-refractivity contribution is 5.88. The van der Waals surface area contributed by atoms with Crippen molar-refractivity contribution in [3.63, 3.8) is 0 Å². The van der Waals surface area contributed by atoms with Crippen molar-refractivity contribution in [3.05, 3.63) is 0 Å². The molecule has 64 heavy (non-hydrogen) atoms. The van der Waals surface area contributed by atoms with Crippen LogP contribution in [0.2, 0.25) is 0 Å². The Labute approximate surface area is 374 Å². The maximum Gasteiger partial charge on any atom is 0.336 e. The van der Waals surface area contributed by atoms with Gasteiger partial charge >= 0.3 is 23.9 Å². The van der Waals surface area contributed by atoms with Crippen LogP contribution >= 0.6 is 0 Å². The molecule has 0 aromatic heterocycles. The summed E-state index contributed by atoms with van der Waals surface area (Å²) >= 11 is 0. The predicted molar refractivity (Wildman–Crippen MR) is 223 cm³/mol. The summed E-state index contributed by atoms with van der Waals surface area (Å²) in [5.74, 6) is -10.00. The second-order valence-electron chi connectivity index (χ2n) is 18.9. The fourth-order valence-corrected chi connectivity index (χ4v) is 9.12. The Balaban J connectivity index is 0.000000934. The first kappa shape index (κ1) is 57.2. The van der Waals surface area contributed by atoms with Crippen molar-refractivity contribution >= 4 is 29.7 Å². The number of aliphatic hydroxyl groups excluding tert-OH is 3. The number of aliphatic carboxylic acids is 3. The largest absolute Gasteiger partial charge is 0.481 e. The van der Waals surface area contributed by atoms with E-state index >= 15 is 0 Å². The minimum Gasteiger partial charge on any atom is -0.481 e. The van der Waals surface area contributed by atoms with Gasteiger partial charge in [0.25, 0.3) is 0 Å². The molecule has 3 fully saturated rings. The third kappa shape index (κ3) is 13.8. The quantitative estimate of drug-likeness (QED) is 0.121. The SMILES string of the molecule is CC[C@H]1OC(=O)[C@H](C)[C@@H](O[C@H]2C[C@@](C)(OC)[C@@H](O)[C@H](C)O2)[C@@H](C)[C@@H](O[C@@H]2O[C@H](C)C[C@H](N(C)C)[C@H]2O)[C@](C)(O)C[C@@H](C)C(=O)[C@H](C)[C@H](O)[C@]1(C)O.O=C(O)CC(O)(CC(=O)O)C(=O)O. The lowest BCUT2D eigenvalue weighted by Crippen LogP contribution is -2.61. The van der Waals surface area contributed by atoms with E-state index in [1.165, 1.54) is 27.9 Å². The Morgan fingerprint density at radius 1 is 0.844 bits per heavy atom. The molecule has 0 amide bonds. The molecule has 3 aliphatic rings. The molecule has 3 rings (SSSR count). The molecule has 3 aliphatic heterocycles. The number of carboxylic acids is 3. The van der Waals surface area contributed by atoms with E-state index in [0.29, 0.717) is 6.42 Å². The number of methoxy groups -OCH3 is 1. The fourth-order valence-electron chi connectivity index (χ4n) is 9.12. The summed E-state index contributed by atoms with van der Waals surface area (Å²) in [7, 11) is 5.18. The zero-order valence-electron chi connectivity index (χ0n) is 39.4. The molecule has 0 bridgehead atoms. The predicted octanol–water partition coefficient (Wildman–Crippen LogP) is 0.537. The first-order chi connectivity index (χ1) is 29.2. The number of rotatable bonds is 12. The summed E-state index contributed by atoms with van der Waals surface area (Å²) in [6.07, 6.45) is -12.0. The molecular weight excluding hydrogens is 850 g/mol. The molecule has 0 unspecified atom stereocenters. The minimum absolute atomic E-state index is 0.0936. The van der Waals surface area contributed by atoms with Crippen LogP contribution in [0, 0.1) is 23.7 Å². The maximum absolute atomic E-state index is 14.1. The summed E-state index contributed by atoms with van der Waals surface area (Å²) in [6.45, 7) is 16.3. The summed E-state index contributed by atoms with van der Waals surface area (Å²) in [6, 6.07) is -0.324. The van der Waals surface area contributed by atoms with Crippen molar-refractivity contribution in [1.29, 1.82) is 0 Å². The first-order valence-corrected chi connectivity index (χ1v) is 21.7. The summed E-state index contributed by atoms with van der Waals surface area (Å²) in [4.78, 5) is 60.2. The van der Waals surface area contributed by atoms with E-state index < -0.39 is 144 Å². The summed E-state index contributed by atoms with van der Waals surface area (Å²) in [5, 5.41) is 91.4. The van der Waals surface area contributed by atoms with E-state index in [4.69, 9.17) is 48.8 Å². The number of carbonyl (C=O) groups excluding carboxylic acids is 2. The number of hydrogen-bond acceptors (Lipinski definition) is 18. The van der Waals surface area contributed by atoms with Crippen LogP contribution in [0.5, 0.6) is 0 Å². The Bertz CT molecular complexity index is 1570. The number of aliphatic hydroxyl groups is 6. The number of ether oxygens (including phenoxy) is 6. The van der Waals surface area contributed by atoms with Crippen LogP contribution in [-0.4, -0.2) is 192 Å². The van der Waals surface area contributed by atoms with Gasteiger partial charge < -0.3 is 79.3 Å². The summed E-state index contributed by atoms with van der Waals surface area (Å²) < 4.78 is 37.1. The Hall–Kier alpha value is -2.93. The number of hydrogen-bond donors (Lipinski definition) is 9. The highest BCUT2D eigenvalue weighted by Crippen LogP contribution is 2.41. The van der Waals surface area contributed by atoms with Crippen LogP contribution in [0.4, 0.5) is 0 Å². The lowest BCUT2D eigenvalue weighted by atomic mass is 9.74. The zero-order valence-corrected chi connectivity index (χ0v) is 39.4. The molecule has 0 aromatic carbocycles. The lowest BCUT2D eigenvalue weighted by molar-refractivity contribution is -0.318. The van der Waals surface area contributed by atoms with Gasteiger partial charge in [-0.15, -0.1) is 0 Å². The number of likely N-dealkylation sites (N-methyl/N-ethyl adjacent to an activating group) is 1. The van der Waals surface area contributed by atoms with Gasteiger partial charge in [-0.05, 0) is 74.9 Å². The van der Waals surface area contributed by atoms with Crippen molar-refractivity contribution in [1.82, 2.24) is 4.90 Å². The van der Waals surface area contributed by atoms with E-state index in [9.17, 15) is 49.5 Å². The van der Waals surface area contributed by atoms with E-state index in [1.54, 1.807) is 41.5 Å². The average Bonchev–Trinajstić information content (AvgIpc) is 3.18. The van der Waals surface area contributed by atoms with E-state index in [1.807, 2.05) is 25.9 Å². The number of carbonyl (C=O) groups is 5. The number of nitrogens with zero attached hydrogens (tertiary/aromatic N) is 1. The van der Waals surface area contributed by atoms with Crippen LogP contribution in [0.15, 0.2) is 0 Å². The van der Waals surface area contributed by atoms with Crippen molar-refractivity contribution < 1.29 is 98.4 Å². The Morgan fingerprint density at radius 3 is 1.86 bits per heavy atom. The van der Waals surface area contributed by atoms with Crippen molar-refractivity contribution in [3.8, 4) is 0 Å². The number of cyclic esters (lactones) is 1. The Kier molecular flexibility index (Phi) is 20.3. The summed E-state index contributed by atoms with van der Waals surface area (Å²) in [5.41, 5.74) is -7.58. The van der Waals surface area contributed by atoms with Gasteiger partial charge in [0.2, 0.25) is 0 Å². The molecule has 18 atom stereocenters. The monoisotopic (exact) mass is 925 g/mol. The third-order valence-corrected chi connectivity index (χ3v) is 13.1. The lowest BCUT2D eigenvalue weighted by Gasteiger charge is -2.49. The second-order valence-corrected chi connectivity index (χ2v) is 18.9. The standard InChI is InChI=1S/C37H67NO13.C6H8O7/c1-14-25-37(10,45)30(41)20(4)27(39)18(2)16-35(8,44)32(51-34-28(40)24(38(11)12)15-19(3)47-34)21(5)29(22(6)33(43)49-25)50-26-17-36(9,46-13)31(42)23(7)48-26;7-3(8)1-6(13,5(11)12)2-4(9)10/h18-26,28-32,34,40-42,44-45H,14-17H2,1-13H3;13H,1-2H2,(H,7,8)(H,9,10)(H,11,12)/t18-,19-,20+,21-,22-,23+,24+,25-,26+,28-,29+,30+,31+,32-,34+,35-,36-,37-;/m1./s1. The van der Waals surface area contributed by atoms with Crippen LogP contribution in [0.1, 0.15) is 108 Å². The molecule has 0 aromatic rings. The fraction of sp³-hybridized carbons (Fsp3) is 0.884. The number of esters is 1. The molecule has 0 radical (unpaired) electrons. The van der Waals surface area contributed by atoms with Crippen molar-refractivity contribution in [2.45, 2.75) is 198 Å². The molecular formula is C43H75NO20. The van der Waals surface area contributed by atoms with Crippen LogP contribution in [0.25, 0.3) is 0 Å². The van der Waals surface area contributed by atoms with Crippen LogP contribution in [-0.2, 0) is 52.4 Å². The van der Waals surface area contributed by atoms with Gasteiger partial charge in [-0.25, -0.2) is 4.79 Å². The number of ketones is 1. The molecule has 21 nitrogen and oxygen atoms in total. The average molecular weight is 926 g/mol. The molecule has 21 heteroatoms. The van der Waals surface area contributed by atoms with Gasteiger partial charge in [-0.1, -0.05) is 27.7 Å². The molecule has 0 saturated carbocycles. The van der Waals surface area contributed by atoms with Crippen molar-refractivity contribution in [2.75, 3.05) is 21.2 Å². The van der Waals surface area contributed by atoms with Gasteiger partial charge in [-0.2, -0.15) is 0 Å². The molecule has 0 spiro atoms. The second kappa shape index (κ2) is 22.7. The van der Waals surface area contributed by atoms with Gasteiger partial charge in [-0.3, -0.25) is 19.2 Å². The number of carboxylic acid groups (broad SMARTS) is 3. The van der Waals surface area contributed by atoms with Gasteiger partial charge in [0.1, 0.15) is 29.7 Å². The molecule has 3 heterocycles. The van der Waals surface area contributed by atoms with Gasteiger partial charge in [0, 0.05) is 37.3 Å². The number of Topliss-reactive ketones (excluding diaryl/α,β-unsaturated/α-hetero) is 1. The van der Waals surface area contributed by atoms with Crippen LogP contribution < -0.4 is 0 Å². The van der Waals surface area contributed by atoms with E-state index in [0.717, 1.165) is 0 Å². The minimum atomic E-state index is -2.74. The Morgan fingerprint density at radius 2 is 1.39 bits per heavy atom. The zero-order chi connectivity index (χ0) is 49.6. The molecule has 372 valence electrons. The van der Waals surface area contributed by atoms with E-state index in [-0.39, 0.29) is 31.4 Å². The molecule has 0 aliphatic carbocycles. The highest BCUT2D eigenvalue weighted by atomic mass is 16.7. The van der Waals surface area contributed by atoms with Crippen molar-refractivity contribution in [2.24, 2.45) is 23.7 Å². The van der Waals surface area contributed by atoms with E-state index in [2.05, 4.69) is 0 Å². The normalized spacial score (nSPS) is 41.8.